The Morgan fingerprint density at radius 3 is 2.54 bits per heavy atom. The van der Waals surface area contributed by atoms with Crippen molar-refractivity contribution in [3.05, 3.63) is 29.3 Å². The number of nitrogens with one attached hydrogen (secondary N) is 1. The summed E-state index contributed by atoms with van der Waals surface area (Å²) >= 11 is 0. The molecule has 2 amide bonds. The van der Waals surface area contributed by atoms with Crippen molar-refractivity contribution >= 4 is 23.5 Å². The monoisotopic (exact) mass is 360 g/mol. The van der Waals surface area contributed by atoms with Crippen LogP contribution >= 0.6 is 0 Å². The number of hydrogen-bond donors (Lipinski definition) is 2. The second-order valence-corrected chi connectivity index (χ2v) is 7.64. The van der Waals surface area contributed by atoms with Gasteiger partial charge < -0.3 is 15.3 Å². The largest absolute Gasteiger partial charge is 0.481 e. The van der Waals surface area contributed by atoms with Gasteiger partial charge in [0.15, 0.2) is 0 Å². The number of carboxylic acid groups (broad SMARTS) is 1. The van der Waals surface area contributed by atoms with Crippen molar-refractivity contribution in [1.29, 1.82) is 0 Å². The number of benzene rings is 1. The number of nitrogens with zero attached hydrogens (tertiary/aromatic N) is 1. The number of likely N-dealkylation sites (tertiary alicyclic amines) is 1. The SMILES string of the molecule is Cc1cc(C(=O)N2CCC(C(=O)O)C(C)C2)ccc1NC(=O)CC(C)C. The first-order chi connectivity index (χ1) is 12.2. The second kappa shape index (κ2) is 8.34. The van der Waals surface area contributed by atoms with Crippen LogP contribution in [0.1, 0.15) is 49.5 Å². The minimum absolute atomic E-state index is 0.0354. The predicted octanol–water partition coefficient (Wildman–Crippen LogP) is 3.16. The first kappa shape index (κ1) is 19.9. The van der Waals surface area contributed by atoms with Crippen LogP contribution in [0.15, 0.2) is 18.2 Å². The molecule has 1 aliphatic heterocycles. The molecule has 26 heavy (non-hydrogen) atoms. The first-order valence-electron chi connectivity index (χ1n) is 9.11. The number of carboxylic acids is 1. The van der Waals surface area contributed by atoms with Gasteiger partial charge in [-0.25, -0.2) is 0 Å². The molecule has 1 aromatic carbocycles. The van der Waals surface area contributed by atoms with Crippen molar-refractivity contribution in [1.82, 2.24) is 4.90 Å². The van der Waals surface area contributed by atoms with Crippen molar-refractivity contribution in [2.75, 3.05) is 18.4 Å². The topological polar surface area (TPSA) is 86.7 Å². The van der Waals surface area contributed by atoms with E-state index in [0.717, 1.165) is 5.56 Å². The van der Waals surface area contributed by atoms with E-state index in [1.165, 1.54) is 0 Å². The average molecular weight is 360 g/mol. The lowest BCUT2D eigenvalue weighted by atomic mass is 9.87. The maximum atomic E-state index is 12.7. The fraction of sp³-hybridized carbons (Fsp3) is 0.550. The number of aliphatic carboxylic acids is 1. The quantitative estimate of drug-likeness (QED) is 0.844. The van der Waals surface area contributed by atoms with E-state index in [2.05, 4.69) is 5.32 Å². The van der Waals surface area contributed by atoms with Crippen LogP contribution < -0.4 is 5.32 Å². The van der Waals surface area contributed by atoms with Gasteiger partial charge in [-0.15, -0.1) is 0 Å². The summed E-state index contributed by atoms with van der Waals surface area (Å²) in [7, 11) is 0. The maximum Gasteiger partial charge on any atom is 0.306 e. The van der Waals surface area contributed by atoms with Crippen LogP contribution in [0, 0.1) is 24.7 Å². The van der Waals surface area contributed by atoms with E-state index in [9.17, 15) is 19.5 Å². The van der Waals surface area contributed by atoms with Crippen LogP contribution in [0.3, 0.4) is 0 Å². The number of anilines is 1. The Kier molecular flexibility index (Phi) is 6.40. The summed E-state index contributed by atoms with van der Waals surface area (Å²) in [5.74, 6) is -1.09. The van der Waals surface area contributed by atoms with Crippen LogP contribution in [0.25, 0.3) is 0 Å². The van der Waals surface area contributed by atoms with E-state index in [4.69, 9.17) is 0 Å². The highest BCUT2D eigenvalue weighted by Crippen LogP contribution is 2.25. The van der Waals surface area contributed by atoms with E-state index in [0.29, 0.717) is 37.2 Å². The molecule has 1 aliphatic rings. The standard InChI is InChI=1S/C20H28N2O4/c1-12(2)9-18(23)21-17-6-5-15(10-13(17)3)19(24)22-8-7-16(20(25)26)14(4)11-22/h5-6,10,12,14,16H,7-9,11H2,1-4H3,(H,21,23)(H,25,26). The molecule has 0 aliphatic carbocycles. The highest BCUT2D eigenvalue weighted by atomic mass is 16.4. The smallest absolute Gasteiger partial charge is 0.306 e. The molecule has 6 heteroatoms. The molecule has 0 saturated carbocycles. The minimum atomic E-state index is -0.790. The molecule has 142 valence electrons. The molecule has 2 unspecified atom stereocenters. The highest BCUT2D eigenvalue weighted by Gasteiger charge is 2.33. The Bertz CT molecular complexity index is 699. The number of carbonyl (C=O) groups excluding carboxylic acids is 2. The minimum Gasteiger partial charge on any atom is -0.481 e. The predicted molar refractivity (Wildman–Crippen MR) is 100 cm³/mol. The summed E-state index contributed by atoms with van der Waals surface area (Å²) in [6, 6.07) is 5.25. The molecule has 6 nitrogen and oxygen atoms in total. The van der Waals surface area contributed by atoms with Gasteiger partial charge in [-0.3, -0.25) is 14.4 Å². The molecule has 1 aromatic rings. The van der Waals surface area contributed by atoms with Gasteiger partial charge in [0.05, 0.1) is 5.92 Å². The van der Waals surface area contributed by atoms with Crippen molar-refractivity contribution in [3.63, 3.8) is 0 Å². The van der Waals surface area contributed by atoms with Crippen molar-refractivity contribution in [2.24, 2.45) is 17.8 Å². The lowest BCUT2D eigenvalue weighted by Gasteiger charge is -2.35. The van der Waals surface area contributed by atoms with Crippen molar-refractivity contribution < 1.29 is 19.5 Å². The number of aryl methyl sites for hydroxylation is 1. The van der Waals surface area contributed by atoms with Crippen LogP contribution in [-0.4, -0.2) is 40.9 Å². The molecule has 2 atom stereocenters. The molecule has 0 radical (unpaired) electrons. The molecule has 1 heterocycles. The Balaban J connectivity index is 2.05. The zero-order chi connectivity index (χ0) is 19.4. The van der Waals surface area contributed by atoms with Gasteiger partial charge in [0.2, 0.25) is 5.91 Å². The number of hydrogen-bond acceptors (Lipinski definition) is 3. The summed E-state index contributed by atoms with van der Waals surface area (Å²) < 4.78 is 0. The van der Waals surface area contributed by atoms with Crippen LogP contribution in [0.4, 0.5) is 5.69 Å². The molecule has 2 rings (SSSR count). The van der Waals surface area contributed by atoms with Gasteiger partial charge in [-0.2, -0.15) is 0 Å². The normalized spacial score (nSPS) is 20.1. The van der Waals surface area contributed by atoms with Crippen molar-refractivity contribution in [3.8, 4) is 0 Å². The Hall–Kier alpha value is -2.37. The summed E-state index contributed by atoms with van der Waals surface area (Å²) in [5.41, 5.74) is 2.11. The second-order valence-electron chi connectivity index (χ2n) is 7.64. The van der Waals surface area contributed by atoms with Crippen LogP contribution in [0.2, 0.25) is 0 Å². The molecule has 0 aromatic heterocycles. The summed E-state index contributed by atoms with van der Waals surface area (Å²) in [6.07, 6.45) is 0.932. The summed E-state index contributed by atoms with van der Waals surface area (Å²) in [6.45, 7) is 8.61. The number of rotatable bonds is 5. The third-order valence-corrected chi connectivity index (χ3v) is 4.85. The lowest BCUT2D eigenvalue weighted by molar-refractivity contribution is -0.145. The van der Waals surface area contributed by atoms with Crippen molar-refractivity contribution in [2.45, 2.75) is 40.5 Å². The Labute approximate surface area is 154 Å². The highest BCUT2D eigenvalue weighted by molar-refractivity contribution is 5.96. The number of carbonyl (C=O) groups is 3. The molecule has 0 bridgehead atoms. The van der Waals surface area contributed by atoms with Gasteiger partial charge in [0.1, 0.15) is 0 Å². The van der Waals surface area contributed by atoms with Gasteiger partial charge >= 0.3 is 5.97 Å². The molecule has 1 saturated heterocycles. The van der Waals surface area contributed by atoms with Gasteiger partial charge in [0.25, 0.3) is 5.91 Å². The molecule has 2 N–H and O–H groups in total. The van der Waals surface area contributed by atoms with E-state index in [-0.39, 0.29) is 29.6 Å². The number of amides is 2. The fourth-order valence-electron chi connectivity index (χ4n) is 3.39. The van der Waals surface area contributed by atoms with Gasteiger partial charge in [-0.1, -0.05) is 20.8 Å². The average Bonchev–Trinajstić information content (AvgIpc) is 2.54. The zero-order valence-electron chi connectivity index (χ0n) is 15.9. The zero-order valence-corrected chi connectivity index (χ0v) is 15.9. The first-order valence-corrected chi connectivity index (χ1v) is 9.11. The van der Waals surface area contributed by atoms with E-state index in [1.54, 1.807) is 23.1 Å². The molecule has 0 spiro atoms. The molecular formula is C20H28N2O4. The summed E-state index contributed by atoms with van der Waals surface area (Å²) in [4.78, 5) is 37.6. The Morgan fingerprint density at radius 1 is 1.31 bits per heavy atom. The van der Waals surface area contributed by atoms with Gasteiger partial charge in [0, 0.05) is 30.8 Å². The van der Waals surface area contributed by atoms with Crippen LogP contribution in [-0.2, 0) is 9.59 Å². The maximum absolute atomic E-state index is 12.7. The molecular weight excluding hydrogens is 332 g/mol. The third-order valence-electron chi connectivity index (χ3n) is 4.85. The summed E-state index contributed by atoms with van der Waals surface area (Å²) in [5, 5.41) is 12.1. The van der Waals surface area contributed by atoms with E-state index in [1.807, 2.05) is 27.7 Å². The number of piperidine rings is 1. The Morgan fingerprint density at radius 2 is 2.00 bits per heavy atom. The fourth-order valence-corrected chi connectivity index (χ4v) is 3.39. The molecule has 1 fully saturated rings. The lowest BCUT2D eigenvalue weighted by Crippen LogP contribution is -2.45. The van der Waals surface area contributed by atoms with E-state index >= 15 is 0 Å². The van der Waals surface area contributed by atoms with E-state index < -0.39 is 5.97 Å². The van der Waals surface area contributed by atoms with Gasteiger partial charge in [-0.05, 0) is 48.9 Å². The van der Waals surface area contributed by atoms with Crippen LogP contribution in [0.5, 0.6) is 0 Å². The third kappa shape index (κ3) is 4.84.